The van der Waals surface area contributed by atoms with Crippen LogP contribution in [0, 0.1) is 34.4 Å². The molecule has 1 heterocycles. The maximum Gasteiger partial charge on any atom is 0.339 e. The van der Waals surface area contributed by atoms with Crippen LogP contribution in [0.25, 0.3) is 10.2 Å². The van der Waals surface area contributed by atoms with Crippen molar-refractivity contribution in [3.05, 3.63) is 71.6 Å². The van der Waals surface area contributed by atoms with E-state index in [1.165, 1.54) is 41.3 Å². The van der Waals surface area contributed by atoms with Gasteiger partial charge in [-0.05, 0) is 98.1 Å². The number of thioether (sulfide) groups is 1. The van der Waals surface area contributed by atoms with Gasteiger partial charge in [0.15, 0.2) is 21.5 Å². The Morgan fingerprint density at radius 1 is 1.11 bits per heavy atom. The summed E-state index contributed by atoms with van der Waals surface area (Å²) in [5, 5.41) is 11.9. The van der Waals surface area contributed by atoms with E-state index in [9.17, 15) is 23.9 Å². The molecule has 3 saturated carbocycles. The van der Waals surface area contributed by atoms with Gasteiger partial charge in [-0.3, -0.25) is 9.59 Å². The number of hydrogen-bond acceptors (Lipinski definition) is 8. The first-order chi connectivity index (χ1) is 21.0. The SMILES string of the molecule is CC12CCC(=O)C=C1CCC1C2[C@@H](O)CC2(C)C1CC[C@]2(OC(=O)c1cccc(F)c1)C(=O)CSc1nc2ccccc2s1. The fraction of sp³-hybridized carbons (Fsp3) is 0.486. The Kier molecular flexibility index (Phi) is 7.37. The molecular formula is C35H36FNO5S2. The van der Waals surface area contributed by atoms with Gasteiger partial charge in [0, 0.05) is 11.8 Å². The van der Waals surface area contributed by atoms with Gasteiger partial charge >= 0.3 is 5.97 Å². The highest BCUT2D eigenvalue weighted by Crippen LogP contribution is 2.68. The highest BCUT2D eigenvalue weighted by atomic mass is 32.2. The summed E-state index contributed by atoms with van der Waals surface area (Å²) in [6.45, 7) is 4.21. The maximum atomic E-state index is 14.5. The average Bonchev–Trinajstić information content (AvgIpc) is 3.54. The number of allylic oxidation sites excluding steroid dienone is 1. The second kappa shape index (κ2) is 10.9. The smallest absolute Gasteiger partial charge is 0.339 e. The zero-order valence-corrected chi connectivity index (χ0v) is 26.5. The fourth-order valence-corrected chi connectivity index (χ4v) is 11.4. The third-order valence-corrected chi connectivity index (χ3v) is 13.6. The summed E-state index contributed by atoms with van der Waals surface area (Å²) in [6, 6.07) is 13.2. The maximum absolute atomic E-state index is 14.5. The number of benzene rings is 2. The lowest BCUT2D eigenvalue weighted by atomic mass is 9.45. The number of aliphatic hydroxyl groups excluding tert-OH is 1. The van der Waals surface area contributed by atoms with Crippen LogP contribution in [0.5, 0.6) is 0 Å². The molecule has 0 aliphatic heterocycles. The van der Waals surface area contributed by atoms with E-state index in [1.807, 2.05) is 37.3 Å². The Labute approximate surface area is 264 Å². The number of ether oxygens (including phenoxy) is 1. The zero-order valence-electron chi connectivity index (χ0n) is 24.9. The van der Waals surface area contributed by atoms with Gasteiger partial charge in [0.2, 0.25) is 0 Å². The summed E-state index contributed by atoms with van der Waals surface area (Å²) in [5.74, 6) is -1.12. The van der Waals surface area contributed by atoms with E-state index in [1.54, 1.807) is 0 Å². The fourth-order valence-electron chi connectivity index (χ4n) is 9.35. The summed E-state index contributed by atoms with van der Waals surface area (Å²) in [4.78, 5) is 45.1. The van der Waals surface area contributed by atoms with Crippen LogP contribution in [0.3, 0.4) is 0 Å². The van der Waals surface area contributed by atoms with Gasteiger partial charge in [-0.15, -0.1) is 11.3 Å². The lowest BCUT2D eigenvalue weighted by Crippen LogP contribution is -2.63. The number of halogens is 1. The lowest BCUT2D eigenvalue weighted by molar-refractivity contribution is -0.180. The molecule has 0 bridgehead atoms. The average molecular weight is 634 g/mol. The van der Waals surface area contributed by atoms with E-state index in [0.717, 1.165) is 45.5 Å². The number of aromatic nitrogens is 1. The molecule has 7 atom stereocenters. The molecule has 6 nitrogen and oxygen atoms in total. The van der Waals surface area contributed by atoms with Crippen LogP contribution >= 0.6 is 23.1 Å². The van der Waals surface area contributed by atoms with Gasteiger partial charge in [-0.2, -0.15) is 0 Å². The summed E-state index contributed by atoms with van der Waals surface area (Å²) < 4.78 is 22.3. The van der Waals surface area contributed by atoms with E-state index >= 15 is 0 Å². The van der Waals surface area contributed by atoms with Crippen molar-refractivity contribution < 1.29 is 28.6 Å². The Morgan fingerprint density at radius 3 is 2.73 bits per heavy atom. The molecule has 44 heavy (non-hydrogen) atoms. The minimum atomic E-state index is -1.48. The topological polar surface area (TPSA) is 93.6 Å². The van der Waals surface area contributed by atoms with Crippen LogP contribution in [0.2, 0.25) is 0 Å². The Bertz CT molecular complexity index is 1670. The minimum Gasteiger partial charge on any atom is -0.447 e. The van der Waals surface area contributed by atoms with E-state index in [4.69, 9.17) is 4.74 Å². The first-order valence-electron chi connectivity index (χ1n) is 15.5. The van der Waals surface area contributed by atoms with Crippen LogP contribution in [0.15, 0.2) is 64.5 Å². The minimum absolute atomic E-state index is 0.0318. The summed E-state index contributed by atoms with van der Waals surface area (Å²) >= 11 is 2.87. The first kappa shape index (κ1) is 29.8. The van der Waals surface area contributed by atoms with Gasteiger partial charge in [0.1, 0.15) is 5.82 Å². The molecule has 5 unspecified atom stereocenters. The number of rotatable bonds is 6. The molecule has 4 aliphatic rings. The van der Waals surface area contributed by atoms with Crippen molar-refractivity contribution in [1.82, 2.24) is 4.98 Å². The number of ketones is 2. The van der Waals surface area contributed by atoms with Crippen LogP contribution in [-0.4, -0.2) is 45.1 Å². The molecule has 0 radical (unpaired) electrons. The third kappa shape index (κ3) is 4.60. The van der Waals surface area contributed by atoms with Crippen molar-refractivity contribution in [3.8, 4) is 0 Å². The summed E-state index contributed by atoms with van der Waals surface area (Å²) in [5.41, 5.74) is -0.488. The molecule has 0 spiro atoms. The summed E-state index contributed by atoms with van der Waals surface area (Å²) in [7, 11) is 0. The second-order valence-corrected chi connectivity index (χ2v) is 15.8. The largest absolute Gasteiger partial charge is 0.447 e. The van der Waals surface area contributed by atoms with Crippen molar-refractivity contribution in [1.29, 1.82) is 0 Å². The molecule has 2 aromatic carbocycles. The predicted molar refractivity (Wildman–Crippen MR) is 168 cm³/mol. The number of nitrogens with zero attached hydrogens (tertiary/aromatic N) is 1. The quantitative estimate of drug-likeness (QED) is 0.227. The van der Waals surface area contributed by atoms with Crippen molar-refractivity contribution in [2.24, 2.45) is 28.6 Å². The number of Topliss-reactive ketones (excluding diaryl/α,β-unsaturated/α-hetero) is 1. The number of fused-ring (bicyclic) bond motifs is 6. The predicted octanol–water partition coefficient (Wildman–Crippen LogP) is 7.20. The molecule has 0 saturated heterocycles. The highest BCUT2D eigenvalue weighted by molar-refractivity contribution is 8.01. The molecule has 0 amide bonds. The first-order valence-corrected chi connectivity index (χ1v) is 17.3. The molecular weight excluding hydrogens is 598 g/mol. The van der Waals surface area contributed by atoms with Crippen molar-refractivity contribution >= 4 is 50.9 Å². The third-order valence-electron chi connectivity index (χ3n) is 11.4. The molecule has 1 aromatic heterocycles. The molecule has 230 valence electrons. The number of carbonyl (C=O) groups is 3. The van der Waals surface area contributed by atoms with Gasteiger partial charge in [-0.25, -0.2) is 14.2 Å². The van der Waals surface area contributed by atoms with E-state index in [2.05, 4.69) is 11.9 Å². The molecule has 7 rings (SSSR count). The molecule has 3 aromatic rings. The number of para-hydroxylation sites is 1. The summed E-state index contributed by atoms with van der Waals surface area (Å²) in [6.07, 6.45) is 5.24. The van der Waals surface area contributed by atoms with Crippen LogP contribution < -0.4 is 0 Å². The van der Waals surface area contributed by atoms with E-state index in [-0.39, 0.29) is 46.1 Å². The lowest BCUT2D eigenvalue weighted by Gasteiger charge is -2.60. The molecule has 1 N–H and O–H groups in total. The normalized spacial score (nSPS) is 34.5. The van der Waals surface area contributed by atoms with Crippen molar-refractivity contribution in [2.75, 3.05) is 5.75 Å². The molecule has 9 heteroatoms. The van der Waals surface area contributed by atoms with Gasteiger partial charge < -0.3 is 9.84 Å². The van der Waals surface area contributed by atoms with Crippen LogP contribution in [-0.2, 0) is 14.3 Å². The van der Waals surface area contributed by atoms with Crippen molar-refractivity contribution in [3.63, 3.8) is 0 Å². The van der Waals surface area contributed by atoms with Crippen molar-refractivity contribution in [2.45, 2.75) is 74.8 Å². The molecule has 3 fully saturated rings. The number of carbonyl (C=O) groups excluding carboxylic acids is 3. The number of hydrogen-bond donors (Lipinski definition) is 1. The Hall–Kier alpha value is -2.88. The zero-order chi connectivity index (χ0) is 30.9. The Balaban J connectivity index is 1.24. The van der Waals surface area contributed by atoms with Crippen LogP contribution in [0.1, 0.15) is 69.2 Å². The number of thiazole rings is 1. The van der Waals surface area contributed by atoms with E-state index in [0.29, 0.717) is 25.7 Å². The van der Waals surface area contributed by atoms with Gasteiger partial charge in [0.05, 0.1) is 27.6 Å². The van der Waals surface area contributed by atoms with Crippen LogP contribution in [0.4, 0.5) is 4.39 Å². The monoisotopic (exact) mass is 633 g/mol. The van der Waals surface area contributed by atoms with Gasteiger partial charge in [-0.1, -0.05) is 49.4 Å². The second-order valence-electron chi connectivity index (χ2n) is 13.5. The highest BCUT2D eigenvalue weighted by Gasteiger charge is 2.70. The standard InChI is InChI=1S/C35H36FNO5S2/c1-33-14-12-23(38)17-21(33)10-11-24-25-13-15-35(34(25,2)18-27(39)30(24)33,42-31(41)20-6-5-7-22(36)16-20)29(40)19-43-32-37-26-8-3-4-9-28(26)44-32/h3-9,16-17,24-25,27,30,39H,10-15,18-19H2,1-2H3/t24?,25?,27-,30?,33?,34?,35-/m0/s1. The molecule has 4 aliphatic carbocycles. The van der Waals surface area contributed by atoms with Gasteiger partial charge in [0.25, 0.3) is 0 Å². The number of aliphatic hydroxyl groups is 1. The van der Waals surface area contributed by atoms with E-state index < -0.39 is 28.9 Å². The number of esters is 1. The Morgan fingerprint density at radius 2 is 1.93 bits per heavy atom.